The van der Waals surface area contributed by atoms with Crippen LogP contribution in [0.3, 0.4) is 0 Å². The lowest BCUT2D eigenvalue weighted by Crippen LogP contribution is -2.24. The first-order chi connectivity index (χ1) is 14.0. The van der Waals surface area contributed by atoms with Gasteiger partial charge in [-0.05, 0) is 82.6 Å². The number of non-ortho nitro benzene ring substituents is 1. The van der Waals surface area contributed by atoms with Gasteiger partial charge in [0.25, 0.3) is 5.69 Å². The van der Waals surface area contributed by atoms with E-state index >= 15 is 0 Å². The Morgan fingerprint density at radius 2 is 1.10 bits per heavy atom. The third-order valence-corrected chi connectivity index (χ3v) is 9.30. The Kier molecular flexibility index (Phi) is 6.01. The van der Waals surface area contributed by atoms with Crippen molar-refractivity contribution in [1.29, 1.82) is 0 Å². The molecule has 0 aliphatic heterocycles. The van der Waals surface area contributed by atoms with Crippen molar-refractivity contribution in [2.45, 2.75) is 41.5 Å². The first-order valence-corrected chi connectivity index (χ1v) is 12.2. The molecular weight excluding hydrogens is 391 g/mol. The maximum Gasteiger partial charge on any atom is 0.269 e. The van der Waals surface area contributed by atoms with Gasteiger partial charge in [0.1, 0.15) is 0 Å². The molecule has 0 bridgehead atoms. The van der Waals surface area contributed by atoms with Crippen LogP contribution in [0.5, 0.6) is 0 Å². The SMILES string of the molecule is Cc1cc(C)c(P(C)(=Nc2ccc([N+](=O)[O-])cc2)c2c(C)cc(C)cc2C)c(C)c1. The second-order valence-corrected chi connectivity index (χ2v) is 11.3. The number of nitro benzene ring substituents is 1. The Labute approximate surface area is 179 Å². The molecule has 0 heterocycles. The molecule has 0 unspecified atom stereocenters. The van der Waals surface area contributed by atoms with Crippen molar-refractivity contribution in [2.24, 2.45) is 4.74 Å². The number of aryl methyl sites for hydroxylation is 6. The molecule has 4 nitrogen and oxygen atoms in total. The predicted octanol–water partition coefficient (Wildman–Crippen LogP) is 6.56. The lowest BCUT2D eigenvalue weighted by Gasteiger charge is -2.29. The summed E-state index contributed by atoms with van der Waals surface area (Å²) in [6.07, 6.45) is 0. The topological polar surface area (TPSA) is 55.5 Å². The molecule has 0 atom stereocenters. The van der Waals surface area contributed by atoms with E-state index in [1.807, 2.05) is 0 Å². The third-order valence-electron chi connectivity index (χ3n) is 5.52. The Hall–Kier alpha value is -2.71. The molecular formula is C25H29N2O2P. The molecule has 0 fully saturated rings. The van der Waals surface area contributed by atoms with E-state index in [0.717, 1.165) is 5.69 Å². The van der Waals surface area contributed by atoms with Gasteiger partial charge in [-0.25, -0.2) is 0 Å². The van der Waals surface area contributed by atoms with Gasteiger partial charge in [-0.2, -0.15) is 0 Å². The summed E-state index contributed by atoms with van der Waals surface area (Å²) in [7, 11) is -2.17. The summed E-state index contributed by atoms with van der Waals surface area (Å²) < 4.78 is 5.32. The van der Waals surface area contributed by atoms with Crippen molar-refractivity contribution in [3.8, 4) is 0 Å². The van der Waals surface area contributed by atoms with E-state index in [9.17, 15) is 10.1 Å². The van der Waals surface area contributed by atoms with Crippen LogP contribution in [0, 0.1) is 51.7 Å². The van der Waals surface area contributed by atoms with Crippen LogP contribution in [-0.4, -0.2) is 11.6 Å². The van der Waals surface area contributed by atoms with Crippen LogP contribution in [0.25, 0.3) is 0 Å². The molecule has 0 saturated heterocycles. The Balaban J connectivity index is 2.40. The minimum atomic E-state index is -2.17. The average molecular weight is 420 g/mol. The second kappa shape index (κ2) is 8.20. The summed E-state index contributed by atoms with van der Waals surface area (Å²) >= 11 is 0. The van der Waals surface area contributed by atoms with Crippen LogP contribution in [0.1, 0.15) is 33.4 Å². The van der Waals surface area contributed by atoms with Crippen molar-refractivity contribution in [1.82, 2.24) is 0 Å². The minimum Gasteiger partial charge on any atom is -0.259 e. The smallest absolute Gasteiger partial charge is 0.259 e. The summed E-state index contributed by atoms with van der Waals surface area (Å²) in [4.78, 5) is 10.7. The predicted molar refractivity (Wildman–Crippen MR) is 129 cm³/mol. The second-order valence-electron chi connectivity index (χ2n) is 8.33. The zero-order valence-electron chi connectivity index (χ0n) is 18.8. The molecule has 0 amide bonds. The lowest BCUT2D eigenvalue weighted by atomic mass is 10.1. The van der Waals surface area contributed by atoms with Gasteiger partial charge in [-0.3, -0.25) is 14.9 Å². The number of hydrogen-bond acceptors (Lipinski definition) is 3. The minimum absolute atomic E-state index is 0.0828. The molecule has 5 heteroatoms. The quantitative estimate of drug-likeness (QED) is 0.273. The van der Waals surface area contributed by atoms with Crippen LogP contribution < -0.4 is 10.6 Å². The molecule has 0 aromatic heterocycles. The fourth-order valence-corrected chi connectivity index (χ4v) is 8.83. The van der Waals surface area contributed by atoms with Gasteiger partial charge in [0.15, 0.2) is 0 Å². The van der Waals surface area contributed by atoms with Gasteiger partial charge < -0.3 is 0 Å². The van der Waals surface area contributed by atoms with Gasteiger partial charge in [0, 0.05) is 29.8 Å². The van der Waals surface area contributed by atoms with Crippen LogP contribution >= 0.6 is 7.05 Å². The summed E-state index contributed by atoms with van der Waals surface area (Å²) in [6, 6.07) is 15.5. The van der Waals surface area contributed by atoms with Gasteiger partial charge in [0.2, 0.25) is 0 Å². The maximum absolute atomic E-state index is 11.1. The number of nitrogens with zero attached hydrogens (tertiary/aromatic N) is 2. The van der Waals surface area contributed by atoms with Crippen LogP contribution in [0.15, 0.2) is 53.3 Å². The fraction of sp³-hybridized carbons (Fsp3) is 0.280. The number of nitro groups is 1. The van der Waals surface area contributed by atoms with Crippen molar-refractivity contribution >= 4 is 29.0 Å². The molecule has 3 rings (SSSR count). The van der Waals surface area contributed by atoms with Gasteiger partial charge in [-0.15, -0.1) is 0 Å². The standard InChI is InChI=1S/C25H29N2O2P/c1-16-12-18(3)24(19(4)13-16)30(7,25-20(5)14-17(2)15-21(25)6)26-22-8-10-23(11-9-22)27(28)29/h8-15H,1-7H3. The largest absolute Gasteiger partial charge is 0.269 e. The number of hydrogen-bond donors (Lipinski definition) is 0. The van der Waals surface area contributed by atoms with Crippen molar-refractivity contribution < 1.29 is 4.92 Å². The Morgan fingerprint density at radius 1 is 0.733 bits per heavy atom. The number of rotatable bonds is 4. The molecule has 30 heavy (non-hydrogen) atoms. The molecule has 0 spiro atoms. The van der Waals surface area contributed by atoms with E-state index in [1.54, 1.807) is 12.1 Å². The van der Waals surface area contributed by atoms with Crippen molar-refractivity contribution in [3.05, 3.63) is 92.0 Å². The maximum atomic E-state index is 11.1. The van der Waals surface area contributed by atoms with E-state index in [1.165, 1.54) is 56.1 Å². The van der Waals surface area contributed by atoms with E-state index in [2.05, 4.69) is 72.5 Å². The highest BCUT2D eigenvalue weighted by atomic mass is 31.2. The van der Waals surface area contributed by atoms with Crippen molar-refractivity contribution in [3.63, 3.8) is 0 Å². The lowest BCUT2D eigenvalue weighted by molar-refractivity contribution is -0.384. The van der Waals surface area contributed by atoms with E-state index in [4.69, 9.17) is 4.74 Å². The zero-order valence-corrected chi connectivity index (χ0v) is 19.7. The Bertz CT molecular complexity index is 1090. The number of benzene rings is 3. The van der Waals surface area contributed by atoms with Gasteiger partial charge in [-0.1, -0.05) is 35.4 Å². The molecule has 0 aliphatic rings. The third kappa shape index (κ3) is 4.11. The van der Waals surface area contributed by atoms with Gasteiger partial charge >= 0.3 is 0 Å². The average Bonchev–Trinajstić information content (AvgIpc) is 2.60. The molecule has 156 valence electrons. The van der Waals surface area contributed by atoms with Crippen LogP contribution in [0.4, 0.5) is 11.4 Å². The van der Waals surface area contributed by atoms with E-state index < -0.39 is 7.05 Å². The summed E-state index contributed by atoms with van der Waals surface area (Å²) in [5.74, 6) is 0. The normalized spacial score (nSPS) is 11.4. The Morgan fingerprint density at radius 3 is 1.43 bits per heavy atom. The van der Waals surface area contributed by atoms with E-state index in [-0.39, 0.29) is 10.6 Å². The highest BCUT2D eigenvalue weighted by Crippen LogP contribution is 2.50. The molecule has 0 aliphatic carbocycles. The summed E-state index contributed by atoms with van der Waals surface area (Å²) in [6.45, 7) is 15.2. The van der Waals surface area contributed by atoms with Gasteiger partial charge in [0.05, 0.1) is 10.6 Å². The highest BCUT2D eigenvalue weighted by molar-refractivity contribution is 7.80. The first-order valence-electron chi connectivity index (χ1n) is 10.0. The first kappa shape index (κ1) is 22.0. The molecule has 3 aromatic rings. The summed E-state index contributed by atoms with van der Waals surface area (Å²) in [5, 5.41) is 13.7. The fourth-order valence-electron chi connectivity index (χ4n) is 4.80. The van der Waals surface area contributed by atoms with E-state index in [0.29, 0.717) is 0 Å². The van der Waals surface area contributed by atoms with Crippen LogP contribution in [-0.2, 0) is 0 Å². The molecule has 0 radical (unpaired) electrons. The highest BCUT2D eigenvalue weighted by Gasteiger charge is 2.27. The molecule has 3 aromatic carbocycles. The molecule has 0 N–H and O–H groups in total. The monoisotopic (exact) mass is 420 g/mol. The zero-order chi connectivity index (χ0) is 22.2. The van der Waals surface area contributed by atoms with Crippen LogP contribution in [0.2, 0.25) is 0 Å². The summed E-state index contributed by atoms with van der Waals surface area (Å²) in [5.41, 5.74) is 8.32. The molecule has 0 saturated carbocycles. The van der Waals surface area contributed by atoms with Crippen molar-refractivity contribution in [2.75, 3.05) is 6.66 Å².